The molecule has 5 heteroatoms. The van der Waals surface area contributed by atoms with Gasteiger partial charge in [-0.25, -0.2) is 9.97 Å². The van der Waals surface area contributed by atoms with Crippen molar-refractivity contribution in [1.82, 2.24) is 9.97 Å². The van der Waals surface area contributed by atoms with Crippen LogP contribution in [0, 0.1) is 6.92 Å². The molecule has 0 saturated heterocycles. The molecule has 0 saturated carbocycles. The average molecular weight is 335 g/mol. The Balaban J connectivity index is 2.35. The molecule has 2 aromatic rings. The molecular formula is C15H19BrN4. The molecule has 0 aliphatic heterocycles. The summed E-state index contributed by atoms with van der Waals surface area (Å²) in [6.45, 7) is 5.11. The number of aryl methyl sites for hydroxylation is 1. The van der Waals surface area contributed by atoms with Crippen molar-refractivity contribution in [1.29, 1.82) is 0 Å². The number of anilines is 3. The standard InChI is InChI=1S/C15H19BrN4/c1-4-9-17-14-13(16)15(19-10-18-14)20(3)12-8-6-5-7-11(12)2/h5-8,10H,4,9H2,1-3H3,(H,17,18,19). The molecule has 1 aromatic carbocycles. The highest BCUT2D eigenvalue weighted by Crippen LogP contribution is 2.33. The van der Waals surface area contributed by atoms with Crippen LogP contribution in [0.5, 0.6) is 0 Å². The summed E-state index contributed by atoms with van der Waals surface area (Å²) in [6, 6.07) is 8.25. The second-order valence-electron chi connectivity index (χ2n) is 4.63. The van der Waals surface area contributed by atoms with Crippen LogP contribution in [-0.2, 0) is 0 Å². The van der Waals surface area contributed by atoms with Crippen LogP contribution < -0.4 is 10.2 Å². The fourth-order valence-corrected chi connectivity index (χ4v) is 2.63. The van der Waals surface area contributed by atoms with Crippen molar-refractivity contribution in [2.75, 3.05) is 23.8 Å². The van der Waals surface area contributed by atoms with Gasteiger partial charge in [0, 0.05) is 19.3 Å². The zero-order chi connectivity index (χ0) is 14.5. The number of aromatic nitrogens is 2. The van der Waals surface area contributed by atoms with Gasteiger partial charge in [0.05, 0.1) is 0 Å². The Morgan fingerprint density at radius 2 is 2.00 bits per heavy atom. The van der Waals surface area contributed by atoms with Crippen LogP contribution in [0.4, 0.5) is 17.3 Å². The molecule has 1 heterocycles. The van der Waals surface area contributed by atoms with Crippen molar-refractivity contribution in [2.45, 2.75) is 20.3 Å². The van der Waals surface area contributed by atoms with Gasteiger partial charge in [0.15, 0.2) is 5.82 Å². The van der Waals surface area contributed by atoms with Crippen molar-refractivity contribution >= 4 is 33.3 Å². The Labute approximate surface area is 128 Å². The van der Waals surface area contributed by atoms with Gasteiger partial charge in [-0.05, 0) is 40.9 Å². The fourth-order valence-electron chi connectivity index (χ4n) is 2.01. The summed E-state index contributed by atoms with van der Waals surface area (Å²) in [5.41, 5.74) is 2.34. The summed E-state index contributed by atoms with van der Waals surface area (Å²) < 4.78 is 0.888. The van der Waals surface area contributed by atoms with Gasteiger partial charge in [0.25, 0.3) is 0 Å². The van der Waals surface area contributed by atoms with Gasteiger partial charge >= 0.3 is 0 Å². The maximum atomic E-state index is 4.39. The minimum absolute atomic E-state index is 0.831. The van der Waals surface area contributed by atoms with Gasteiger partial charge in [-0.1, -0.05) is 25.1 Å². The Bertz CT molecular complexity index is 586. The molecule has 4 nitrogen and oxygen atoms in total. The lowest BCUT2D eigenvalue weighted by atomic mass is 10.2. The topological polar surface area (TPSA) is 41.1 Å². The van der Waals surface area contributed by atoms with E-state index in [1.165, 1.54) is 5.56 Å². The van der Waals surface area contributed by atoms with Crippen LogP contribution in [-0.4, -0.2) is 23.6 Å². The highest BCUT2D eigenvalue weighted by molar-refractivity contribution is 9.10. The maximum Gasteiger partial charge on any atom is 0.152 e. The van der Waals surface area contributed by atoms with Crippen LogP contribution in [0.3, 0.4) is 0 Å². The van der Waals surface area contributed by atoms with Gasteiger partial charge < -0.3 is 10.2 Å². The second-order valence-corrected chi connectivity index (χ2v) is 5.43. The average Bonchev–Trinajstić information content (AvgIpc) is 2.46. The molecule has 0 atom stereocenters. The third kappa shape index (κ3) is 3.10. The third-order valence-electron chi connectivity index (χ3n) is 3.11. The first kappa shape index (κ1) is 14.8. The largest absolute Gasteiger partial charge is 0.369 e. The SMILES string of the molecule is CCCNc1ncnc(N(C)c2ccccc2C)c1Br. The van der Waals surface area contributed by atoms with Gasteiger partial charge in [0.2, 0.25) is 0 Å². The second kappa shape index (κ2) is 6.70. The van der Waals surface area contributed by atoms with Gasteiger partial charge in [0.1, 0.15) is 16.6 Å². The van der Waals surface area contributed by atoms with Crippen molar-refractivity contribution in [3.63, 3.8) is 0 Å². The van der Waals surface area contributed by atoms with E-state index in [-0.39, 0.29) is 0 Å². The van der Waals surface area contributed by atoms with E-state index in [1.807, 2.05) is 19.2 Å². The van der Waals surface area contributed by atoms with Crippen molar-refractivity contribution in [3.05, 3.63) is 40.6 Å². The number of halogens is 1. The highest BCUT2D eigenvalue weighted by Gasteiger charge is 2.14. The summed E-state index contributed by atoms with van der Waals surface area (Å²) in [6.07, 6.45) is 2.65. The van der Waals surface area contributed by atoms with Crippen LogP contribution in [0.25, 0.3) is 0 Å². The number of hydrogen-bond acceptors (Lipinski definition) is 4. The number of rotatable bonds is 5. The molecule has 1 N–H and O–H groups in total. The molecule has 0 amide bonds. The number of nitrogens with zero attached hydrogens (tertiary/aromatic N) is 3. The molecule has 0 unspecified atom stereocenters. The number of hydrogen-bond donors (Lipinski definition) is 1. The predicted octanol–water partition coefficient (Wildman–Crippen LogP) is 4.14. The summed E-state index contributed by atoms with van der Waals surface area (Å²) in [5.74, 6) is 1.69. The van der Waals surface area contributed by atoms with E-state index >= 15 is 0 Å². The Morgan fingerprint density at radius 1 is 1.25 bits per heavy atom. The van der Waals surface area contributed by atoms with Crippen LogP contribution in [0.15, 0.2) is 35.1 Å². The van der Waals surface area contributed by atoms with Crippen LogP contribution in [0.1, 0.15) is 18.9 Å². The maximum absolute atomic E-state index is 4.39. The normalized spacial score (nSPS) is 10.4. The Morgan fingerprint density at radius 3 is 2.70 bits per heavy atom. The van der Waals surface area contributed by atoms with E-state index in [9.17, 15) is 0 Å². The van der Waals surface area contributed by atoms with Gasteiger partial charge in [-0.15, -0.1) is 0 Å². The quantitative estimate of drug-likeness (QED) is 0.892. The molecule has 0 aliphatic carbocycles. The predicted molar refractivity (Wildman–Crippen MR) is 87.8 cm³/mol. The lowest BCUT2D eigenvalue weighted by molar-refractivity contribution is 0.958. The molecule has 0 radical (unpaired) electrons. The Kier molecular flexibility index (Phi) is 4.95. The minimum atomic E-state index is 0.831. The fraction of sp³-hybridized carbons (Fsp3) is 0.333. The molecule has 0 aliphatic rings. The van der Waals surface area contributed by atoms with Gasteiger partial charge in [-0.3, -0.25) is 0 Å². The lowest BCUT2D eigenvalue weighted by Gasteiger charge is -2.22. The summed E-state index contributed by atoms with van der Waals surface area (Å²) in [7, 11) is 2.01. The van der Waals surface area contributed by atoms with E-state index < -0.39 is 0 Å². The first-order valence-corrected chi connectivity index (χ1v) is 7.48. The van der Waals surface area contributed by atoms with E-state index in [1.54, 1.807) is 6.33 Å². The number of para-hydroxylation sites is 1. The Hall–Kier alpha value is -1.62. The van der Waals surface area contributed by atoms with Gasteiger partial charge in [-0.2, -0.15) is 0 Å². The lowest BCUT2D eigenvalue weighted by Crippen LogP contribution is -2.14. The zero-order valence-electron chi connectivity index (χ0n) is 12.0. The van der Waals surface area contributed by atoms with Crippen LogP contribution in [0.2, 0.25) is 0 Å². The minimum Gasteiger partial charge on any atom is -0.369 e. The van der Waals surface area contributed by atoms with E-state index in [2.05, 4.69) is 62.1 Å². The van der Waals surface area contributed by atoms with Crippen molar-refractivity contribution in [3.8, 4) is 0 Å². The van der Waals surface area contributed by atoms with Crippen molar-refractivity contribution < 1.29 is 0 Å². The highest BCUT2D eigenvalue weighted by atomic mass is 79.9. The van der Waals surface area contributed by atoms with E-state index in [0.29, 0.717) is 0 Å². The first-order chi connectivity index (χ1) is 9.65. The summed E-state index contributed by atoms with van der Waals surface area (Å²) >= 11 is 3.60. The molecule has 0 bridgehead atoms. The summed E-state index contributed by atoms with van der Waals surface area (Å²) in [5, 5.41) is 3.30. The summed E-state index contributed by atoms with van der Waals surface area (Å²) in [4.78, 5) is 10.7. The molecule has 20 heavy (non-hydrogen) atoms. The zero-order valence-corrected chi connectivity index (χ0v) is 13.6. The smallest absolute Gasteiger partial charge is 0.152 e. The van der Waals surface area contributed by atoms with E-state index in [0.717, 1.165) is 34.8 Å². The first-order valence-electron chi connectivity index (χ1n) is 6.69. The van der Waals surface area contributed by atoms with Crippen LogP contribution >= 0.6 is 15.9 Å². The molecule has 2 rings (SSSR count). The molecule has 0 fully saturated rings. The third-order valence-corrected chi connectivity index (χ3v) is 3.84. The number of benzene rings is 1. The molecule has 0 spiro atoms. The number of nitrogens with one attached hydrogen (secondary N) is 1. The molecule has 1 aromatic heterocycles. The van der Waals surface area contributed by atoms with E-state index in [4.69, 9.17) is 0 Å². The molecule has 106 valence electrons. The molecular weight excluding hydrogens is 316 g/mol. The van der Waals surface area contributed by atoms with Crippen molar-refractivity contribution in [2.24, 2.45) is 0 Å². The monoisotopic (exact) mass is 334 g/mol.